The third-order valence-electron chi connectivity index (χ3n) is 1.74. The first-order valence-corrected chi connectivity index (χ1v) is 4.87. The van der Waals surface area contributed by atoms with Gasteiger partial charge in [0, 0.05) is 12.0 Å². The molecule has 0 unspecified atom stereocenters. The van der Waals surface area contributed by atoms with E-state index in [-0.39, 0.29) is 5.92 Å². The van der Waals surface area contributed by atoms with Crippen molar-refractivity contribution in [3.63, 3.8) is 0 Å². The lowest BCUT2D eigenvalue weighted by atomic mass is 10.3. The number of halogens is 1. The Morgan fingerprint density at radius 2 is 2.25 bits per heavy atom. The third kappa shape index (κ3) is 1.34. The summed E-state index contributed by atoms with van der Waals surface area (Å²) in [5.41, 5.74) is 0.534. The minimum Gasteiger partial charge on any atom is -0.341 e. The maximum Gasteiger partial charge on any atom is 0.368 e. The predicted molar refractivity (Wildman–Crippen MR) is 36.8 cm³/mol. The van der Waals surface area contributed by atoms with E-state index in [1.165, 1.54) is 0 Å². The first-order valence-electron chi connectivity index (χ1n) is 3.48. The Kier molecular flexibility index (Phi) is 1.47. The number of aromatic nitrogens is 1. The highest BCUT2D eigenvalue weighted by molar-refractivity contribution is 7.86. The Balaban J connectivity index is 2.35. The maximum atomic E-state index is 12.3. The molecule has 0 spiro atoms. The lowest BCUT2D eigenvalue weighted by molar-refractivity contribution is 0.329. The molecule has 12 heavy (non-hydrogen) atoms. The van der Waals surface area contributed by atoms with Crippen molar-refractivity contribution >= 4 is 10.2 Å². The molecular formula is C6H6FNO3S. The first-order chi connectivity index (χ1) is 5.57. The fourth-order valence-electron chi connectivity index (χ4n) is 0.958. The molecule has 1 aliphatic carbocycles. The molecule has 0 saturated heterocycles. The average molecular weight is 191 g/mol. The molecule has 1 heterocycles. The summed E-state index contributed by atoms with van der Waals surface area (Å²) in [5.74, 6) is 0.268. The second-order valence-corrected chi connectivity index (χ2v) is 4.06. The normalized spacial score (nSPS) is 18.1. The molecule has 1 aliphatic rings. The van der Waals surface area contributed by atoms with Crippen LogP contribution in [0.1, 0.15) is 24.5 Å². The van der Waals surface area contributed by atoms with Crippen LogP contribution in [0.25, 0.3) is 0 Å². The summed E-state index contributed by atoms with van der Waals surface area (Å²) in [5, 5.41) is 2.76. The highest BCUT2D eigenvalue weighted by Crippen LogP contribution is 2.39. The van der Waals surface area contributed by atoms with Gasteiger partial charge in [-0.3, -0.25) is 0 Å². The van der Waals surface area contributed by atoms with Gasteiger partial charge in [-0.15, -0.1) is 0 Å². The third-order valence-corrected chi connectivity index (χ3v) is 2.42. The number of rotatable bonds is 2. The van der Waals surface area contributed by atoms with Crippen molar-refractivity contribution in [3.05, 3.63) is 11.8 Å². The summed E-state index contributed by atoms with van der Waals surface area (Å²) in [7, 11) is -4.72. The van der Waals surface area contributed by atoms with Crippen LogP contribution in [0.3, 0.4) is 0 Å². The second kappa shape index (κ2) is 2.29. The monoisotopic (exact) mass is 191 g/mol. The van der Waals surface area contributed by atoms with Crippen LogP contribution in [0.5, 0.6) is 0 Å². The summed E-state index contributed by atoms with van der Waals surface area (Å²) in [4.78, 5) is 0. The zero-order chi connectivity index (χ0) is 8.77. The highest BCUT2D eigenvalue weighted by Gasteiger charge is 2.29. The maximum absolute atomic E-state index is 12.3. The summed E-state index contributed by atoms with van der Waals surface area (Å²) in [6.45, 7) is 0. The van der Waals surface area contributed by atoms with Gasteiger partial charge in [-0.1, -0.05) is 9.04 Å². The number of nitrogens with zero attached hydrogens (tertiary/aromatic N) is 1. The zero-order valence-corrected chi connectivity index (χ0v) is 6.84. The predicted octanol–water partition coefficient (Wildman–Crippen LogP) is 1.21. The lowest BCUT2D eigenvalue weighted by Crippen LogP contribution is -1.87. The van der Waals surface area contributed by atoms with Gasteiger partial charge in [0.05, 0.1) is 5.69 Å². The molecule has 66 valence electrons. The Morgan fingerprint density at radius 3 is 2.67 bits per heavy atom. The summed E-state index contributed by atoms with van der Waals surface area (Å²) >= 11 is 0. The van der Waals surface area contributed by atoms with Gasteiger partial charge in [-0.25, -0.2) is 0 Å². The molecule has 4 nitrogen and oxygen atoms in total. The molecule has 2 rings (SSSR count). The Bertz CT molecular complexity index is 393. The Labute approximate surface area is 68.6 Å². The van der Waals surface area contributed by atoms with Crippen LogP contribution < -0.4 is 0 Å². The average Bonchev–Trinajstić information content (AvgIpc) is 2.66. The van der Waals surface area contributed by atoms with Crippen molar-refractivity contribution in [1.29, 1.82) is 0 Å². The van der Waals surface area contributed by atoms with E-state index in [4.69, 9.17) is 0 Å². The lowest BCUT2D eigenvalue weighted by Gasteiger charge is -1.80. The van der Waals surface area contributed by atoms with Gasteiger partial charge in [0.2, 0.25) is 0 Å². The largest absolute Gasteiger partial charge is 0.368 e. The molecule has 0 atom stereocenters. The molecule has 6 heteroatoms. The molecule has 0 aliphatic heterocycles. The van der Waals surface area contributed by atoms with Gasteiger partial charge in [-0.05, 0) is 12.8 Å². The molecular weight excluding hydrogens is 185 g/mol. The zero-order valence-electron chi connectivity index (χ0n) is 6.03. The standard InChI is InChI=1S/C6H6FNO3S/c7-12(9,10)6-3-5(8-11-6)4-1-2-4/h3-4H,1-2H2. The van der Waals surface area contributed by atoms with Gasteiger partial charge in [0.25, 0.3) is 5.09 Å². The van der Waals surface area contributed by atoms with Crippen LogP contribution in [0, 0.1) is 0 Å². The molecule has 0 radical (unpaired) electrons. The van der Waals surface area contributed by atoms with E-state index in [2.05, 4.69) is 9.68 Å². The van der Waals surface area contributed by atoms with Crippen LogP contribution in [0.2, 0.25) is 0 Å². The molecule has 0 N–H and O–H groups in total. The van der Waals surface area contributed by atoms with E-state index < -0.39 is 15.3 Å². The van der Waals surface area contributed by atoms with Crippen molar-refractivity contribution < 1.29 is 16.8 Å². The van der Waals surface area contributed by atoms with Crippen molar-refractivity contribution in [2.24, 2.45) is 0 Å². The topological polar surface area (TPSA) is 60.2 Å². The molecule has 0 amide bonds. The van der Waals surface area contributed by atoms with E-state index in [9.17, 15) is 12.3 Å². The van der Waals surface area contributed by atoms with Crippen LogP contribution in [0.4, 0.5) is 3.89 Å². The van der Waals surface area contributed by atoms with Crippen molar-refractivity contribution in [3.8, 4) is 0 Å². The van der Waals surface area contributed by atoms with Gasteiger partial charge >= 0.3 is 10.2 Å². The number of hydrogen-bond donors (Lipinski definition) is 0. The fourth-order valence-corrected chi connectivity index (χ4v) is 1.35. The molecule has 1 fully saturated rings. The van der Waals surface area contributed by atoms with Crippen LogP contribution in [0.15, 0.2) is 15.7 Å². The number of hydrogen-bond acceptors (Lipinski definition) is 4. The van der Waals surface area contributed by atoms with Crippen molar-refractivity contribution in [2.75, 3.05) is 0 Å². The molecule has 1 aromatic heterocycles. The van der Waals surface area contributed by atoms with E-state index in [1.54, 1.807) is 0 Å². The first kappa shape index (κ1) is 7.72. The quantitative estimate of drug-likeness (QED) is 0.659. The fraction of sp³-hybridized carbons (Fsp3) is 0.500. The summed E-state index contributed by atoms with van der Waals surface area (Å²) in [6.07, 6.45) is 1.94. The Hall–Kier alpha value is -0.910. The molecule has 0 bridgehead atoms. The minimum absolute atomic E-state index is 0.268. The van der Waals surface area contributed by atoms with Crippen molar-refractivity contribution in [2.45, 2.75) is 23.9 Å². The summed E-state index contributed by atoms with van der Waals surface area (Å²) < 4.78 is 37.2. The van der Waals surface area contributed by atoms with Crippen LogP contribution >= 0.6 is 0 Å². The minimum atomic E-state index is -4.72. The van der Waals surface area contributed by atoms with Crippen molar-refractivity contribution in [1.82, 2.24) is 5.16 Å². The van der Waals surface area contributed by atoms with Crippen LogP contribution in [-0.4, -0.2) is 13.6 Å². The van der Waals surface area contributed by atoms with Gasteiger partial charge in [0.1, 0.15) is 0 Å². The summed E-state index contributed by atoms with van der Waals surface area (Å²) in [6, 6.07) is 1.15. The van der Waals surface area contributed by atoms with E-state index in [0.29, 0.717) is 5.69 Å². The van der Waals surface area contributed by atoms with Crippen LogP contribution in [-0.2, 0) is 10.2 Å². The Morgan fingerprint density at radius 1 is 1.58 bits per heavy atom. The molecule has 0 aromatic carbocycles. The molecule has 1 aromatic rings. The van der Waals surface area contributed by atoms with E-state index in [1.807, 2.05) is 0 Å². The van der Waals surface area contributed by atoms with Gasteiger partial charge in [0.15, 0.2) is 0 Å². The highest BCUT2D eigenvalue weighted by atomic mass is 32.3. The van der Waals surface area contributed by atoms with Gasteiger partial charge < -0.3 is 4.52 Å². The van der Waals surface area contributed by atoms with E-state index >= 15 is 0 Å². The SMILES string of the molecule is O=S(=O)(F)c1cc(C2CC2)no1. The van der Waals surface area contributed by atoms with Gasteiger partial charge in [-0.2, -0.15) is 8.42 Å². The molecule has 1 saturated carbocycles. The second-order valence-electron chi connectivity index (χ2n) is 2.78. The van der Waals surface area contributed by atoms with E-state index in [0.717, 1.165) is 18.9 Å². The smallest absolute Gasteiger partial charge is 0.341 e.